The Morgan fingerprint density at radius 1 is 1.23 bits per heavy atom. The molecule has 1 unspecified atom stereocenters. The Kier molecular flexibility index (Phi) is 5.63. The van der Waals surface area contributed by atoms with E-state index in [1.807, 2.05) is 42.2 Å². The van der Waals surface area contributed by atoms with Crippen LogP contribution < -0.4 is 10.6 Å². The number of aryl methyl sites for hydroxylation is 3. The molecule has 1 atom stereocenters. The van der Waals surface area contributed by atoms with Crippen molar-refractivity contribution in [2.75, 3.05) is 18.4 Å². The summed E-state index contributed by atoms with van der Waals surface area (Å²) < 4.78 is 7.89. The van der Waals surface area contributed by atoms with Gasteiger partial charge in [-0.25, -0.2) is 0 Å². The first kappa shape index (κ1) is 20.2. The van der Waals surface area contributed by atoms with E-state index in [-0.39, 0.29) is 18.2 Å². The van der Waals surface area contributed by atoms with E-state index in [0.29, 0.717) is 19.6 Å². The molecule has 0 saturated carbocycles. The maximum atomic E-state index is 12.7. The number of rotatable bonds is 6. The lowest BCUT2D eigenvalue weighted by Crippen LogP contribution is -2.55. The fourth-order valence-electron chi connectivity index (χ4n) is 4.24. The standard InChI is InChI=1S/C23H28N4O3/c1-4-27-15(2)11-17-12-18(6-8-20(17)27)25-22(28)13-21-23(29)24-9-10-26(21)14-19-7-5-16(3)30-19/h5-8,11-12,21H,4,9-10,13-14H2,1-3H3,(H,24,29)(H,25,28). The molecule has 158 valence electrons. The van der Waals surface area contributed by atoms with Crippen LogP contribution in [0.5, 0.6) is 0 Å². The van der Waals surface area contributed by atoms with Gasteiger partial charge in [0, 0.05) is 41.9 Å². The lowest BCUT2D eigenvalue weighted by molar-refractivity contribution is -0.132. The van der Waals surface area contributed by atoms with Gasteiger partial charge in [0.05, 0.1) is 19.0 Å². The van der Waals surface area contributed by atoms with Gasteiger partial charge in [-0.15, -0.1) is 0 Å². The fourth-order valence-corrected chi connectivity index (χ4v) is 4.24. The van der Waals surface area contributed by atoms with E-state index in [1.54, 1.807) is 0 Å². The highest BCUT2D eigenvalue weighted by Gasteiger charge is 2.32. The molecule has 0 bridgehead atoms. The van der Waals surface area contributed by atoms with Crippen molar-refractivity contribution in [3.8, 4) is 0 Å². The van der Waals surface area contributed by atoms with Crippen LogP contribution in [0.15, 0.2) is 40.8 Å². The van der Waals surface area contributed by atoms with Crippen LogP contribution in [0.1, 0.15) is 30.6 Å². The van der Waals surface area contributed by atoms with Gasteiger partial charge in [-0.3, -0.25) is 14.5 Å². The van der Waals surface area contributed by atoms with Crippen LogP contribution in [0.2, 0.25) is 0 Å². The average Bonchev–Trinajstić information content (AvgIpc) is 3.25. The van der Waals surface area contributed by atoms with E-state index in [0.717, 1.165) is 34.7 Å². The van der Waals surface area contributed by atoms with Crippen molar-refractivity contribution < 1.29 is 14.0 Å². The van der Waals surface area contributed by atoms with E-state index in [2.05, 4.69) is 35.1 Å². The normalized spacial score (nSPS) is 17.3. The first-order valence-corrected chi connectivity index (χ1v) is 10.4. The van der Waals surface area contributed by atoms with E-state index in [4.69, 9.17) is 4.42 Å². The number of benzene rings is 1. The number of hydrogen-bond donors (Lipinski definition) is 2. The van der Waals surface area contributed by atoms with Gasteiger partial charge in [-0.05, 0) is 57.2 Å². The highest BCUT2D eigenvalue weighted by molar-refractivity contribution is 5.97. The van der Waals surface area contributed by atoms with Gasteiger partial charge >= 0.3 is 0 Å². The van der Waals surface area contributed by atoms with Crippen molar-refractivity contribution in [1.29, 1.82) is 0 Å². The van der Waals surface area contributed by atoms with Crippen LogP contribution >= 0.6 is 0 Å². The number of amides is 2. The number of nitrogens with zero attached hydrogens (tertiary/aromatic N) is 2. The molecule has 7 heteroatoms. The summed E-state index contributed by atoms with van der Waals surface area (Å²) in [6.45, 7) is 8.76. The lowest BCUT2D eigenvalue weighted by atomic mass is 10.1. The van der Waals surface area contributed by atoms with Gasteiger partial charge in [-0.2, -0.15) is 0 Å². The van der Waals surface area contributed by atoms with Crippen LogP contribution in [-0.4, -0.2) is 40.4 Å². The minimum Gasteiger partial charge on any atom is -0.465 e. The predicted octanol–water partition coefficient (Wildman–Crippen LogP) is 3.20. The molecule has 2 N–H and O–H groups in total. The number of piperazine rings is 1. The third-order valence-electron chi connectivity index (χ3n) is 5.68. The quantitative estimate of drug-likeness (QED) is 0.657. The summed E-state index contributed by atoms with van der Waals surface area (Å²) in [4.78, 5) is 27.2. The molecule has 1 aliphatic rings. The summed E-state index contributed by atoms with van der Waals surface area (Å²) in [5.74, 6) is 1.34. The summed E-state index contributed by atoms with van der Waals surface area (Å²) in [6, 6.07) is 11.4. The Hall–Kier alpha value is -3.06. The van der Waals surface area contributed by atoms with Crippen molar-refractivity contribution in [3.05, 3.63) is 53.6 Å². The highest BCUT2D eigenvalue weighted by Crippen LogP contribution is 2.24. The molecule has 7 nitrogen and oxygen atoms in total. The first-order chi connectivity index (χ1) is 14.4. The molecule has 30 heavy (non-hydrogen) atoms. The summed E-state index contributed by atoms with van der Waals surface area (Å²) in [6.07, 6.45) is 0.0958. The molecule has 1 aromatic carbocycles. The second-order valence-electron chi connectivity index (χ2n) is 7.85. The monoisotopic (exact) mass is 408 g/mol. The topological polar surface area (TPSA) is 79.5 Å². The highest BCUT2D eigenvalue weighted by atomic mass is 16.3. The minimum absolute atomic E-state index is 0.0958. The maximum absolute atomic E-state index is 12.7. The lowest BCUT2D eigenvalue weighted by Gasteiger charge is -2.34. The van der Waals surface area contributed by atoms with Crippen LogP contribution in [-0.2, 0) is 22.7 Å². The maximum Gasteiger partial charge on any atom is 0.237 e. The molecule has 2 amide bonds. The van der Waals surface area contributed by atoms with Gasteiger partial charge in [0.2, 0.25) is 11.8 Å². The SMILES string of the molecule is CCn1c(C)cc2cc(NC(=O)CC3C(=O)NCCN3Cc3ccc(C)o3)ccc21. The largest absolute Gasteiger partial charge is 0.465 e. The Balaban J connectivity index is 1.45. The van der Waals surface area contributed by atoms with Gasteiger partial charge in [-0.1, -0.05) is 0 Å². The second-order valence-corrected chi connectivity index (χ2v) is 7.85. The Bertz CT molecular complexity index is 1080. The summed E-state index contributed by atoms with van der Waals surface area (Å²) in [5.41, 5.74) is 3.09. The molecule has 3 aromatic rings. The van der Waals surface area contributed by atoms with Gasteiger partial charge in [0.25, 0.3) is 0 Å². The van der Waals surface area contributed by atoms with Crippen molar-refractivity contribution in [2.45, 2.75) is 46.3 Å². The molecule has 0 radical (unpaired) electrons. The molecule has 1 aliphatic heterocycles. The van der Waals surface area contributed by atoms with Crippen LogP contribution in [0, 0.1) is 13.8 Å². The molecule has 0 aliphatic carbocycles. The van der Waals surface area contributed by atoms with Gasteiger partial charge in [0.1, 0.15) is 11.5 Å². The summed E-state index contributed by atoms with van der Waals surface area (Å²) in [7, 11) is 0. The van der Waals surface area contributed by atoms with E-state index in [1.165, 1.54) is 5.69 Å². The van der Waals surface area contributed by atoms with E-state index in [9.17, 15) is 9.59 Å². The van der Waals surface area contributed by atoms with E-state index < -0.39 is 6.04 Å². The predicted molar refractivity (Wildman–Crippen MR) is 116 cm³/mol. The number of hydrogen-bond acceptors (Lipinski definition) is 4. The molecule has 1 saturated heterocycles. The Morgan fingerprint density at radius 3 is 2.80 bits per heavy atom. The minimum atomic E-state index is -0.517. The zero-order valence-corrected chi connectivity index (χ0v) is 17.7. The third-order valence-corrected chi connectivity index (χ3v) is 5.68. The van der Waals surface area contributed by atoms with Crippen molar-refractivity contribution >= 4 is 28.4 Å². The van der Waals surface area contributed by atoms with Crippen LogP contribution in [0.4, 0.5) is 5.69 Å². The number of fused-ring (bicyclic) bond motifs is 1. The third kappa shape index (κ3) is 4.11. The number of nitrogens with one attached hydrogen (secondary N) is 2. The summed E-state index contributed by atoms with van der Waals surface area (Å²) in [5, 5.41) is 6.92. The first-order valence-electron chi connectivity index (χ1n) is 10.4. The molecular weight excluding hydrogens is 380 g/mol. The smallest absolute Gasteiger partial charge is 0.237 e. The number of aromatic nitrogens is 1. The second kappa shape index (κ2) is 8.36. The average molecular weight is 409 g/mol. The van der Waals surface area contributed by atoms with Crippen molar-refractivity contribution in [3.63, 3.8) is 0 Å². The molecule has 3 heterocycles. The van der Waals surface area contributed by atoms with Gasteiger partial charge < -0.3 is 19.6 Å². The van der Waals surface area contributed by atoms with Crippen molar-refractivity contribution in [1.82, 2.24) is 14.8 Å². The number of furan rings is 1. The number of carbonyl (C=O) groups excluding carboxylic acids is 2. The zero-order chi connectivity index (χ0) is 21.3. The molecule has 1 fully saturated rings. The van der Waals surface area contributed by atoms with Crippen molar-refractivity contribution in [2.24, 2.45) is 0 Å². The molecular formula is C23H28N4O3. The molecule has 2 aromatic heterocycles. The number of anilines is 1. The summed E-state index contributed by atoms with van der Waals surface area (Å²) >= 11 is 0. The van der Waals surface area contributed by atoms with Gasteiger partial charge in [0.15, 0.2) is 0 Å². The van der Waals surface area contributed by atoms with Crippen LogP contribution in [0.3, 0.4) is 0 Å². The fraction of sp³-hybridized carbons (Fsp3) is 0.391. The zero-order valence-electron chi connectivity index (χ0n) is 17.7. The molecule has 0 spiro atoms. The number of carbonyl (C=O) groups is 2. The van der Waals surface area contributed by atoms with Crippen LogP contribution in [0.25, 0.3) is 10.9 Å². The Morgan fingerprint density at radius 2 is 2.07 bits per heavy atom. The van der Waals surface area contributed by atoms with E-state index >= 15 is 0 Å². The molecule has 4 rings (SSSR count). The Labute approximate surface area is 176 Å².